The Morgan fingerprint density at radius 1 is 1.29 bits per heavy atom. The summed E-state index contributed by atoms with van der Waals surface area (Å²) < 4.78 is 25.4. The molecule has 1 amide bonds. The monoisotopic (exact) mass is 389 g/mol. The molecular weight excluding hydrogens is 365 g/mol. The van der Waals surface area contributed by atoms with Gasteiger partial charge in [0.2, 0.25) is 5.88 Å². The lowest BCUT2D eigenvalue weighted by Gasteiger charge is -2.18. The van der Waals surface area contributed by atoms with Crippen LogP contribution in [0, 0.1) is 0 Å². The first-order valence-corrected chi connectivity index (χ1v) is 9.59. The quantitative estimate of drug-likeness (QED) is 0.638. The van der Waals surface area contributed by atoms with E-state index in [2.05, 4.69) is 25.8 Å². The Morgan fingerprint density at radius 2 is 2.18 bits per heavy atom. The van der Waals surface area contributed by atoms with Crippen molar-refractivity contribution >= 4 is 17.6 Å². The number of pyridine rings is 1. The fourth-order valence-electron chi connectivity index (χ4n) is 3.66. The average molecular weight is 389 g/mol. The zero-order valence-electron chi connectivity index (χ0n) is 15.7. The standard InChI is InChI=1S/C19H24FN5O3/c1-11-3-2-6-27-18-9-13(4-5-21-18)23-17-10-15(24-25-17)12-7-14(20)16(8-12)28-19(26)22-11/h4-5,9-12,14,16H,2-3,6-8H2,1H3,(H,22,26)(H2,23,24,25)/t11-,12?,14+,16-/m0/s1. The maximum atomic E-state index is 14.4. The summed E-state index contributed by atoms with van der Waals surface area (Å²) in [5.41, 5.74) is 1.62. The number of anilines is 2. The van der Waals surface area contributed by atoms with Crippen molar-refractivity contribution < 1.29 is 18.7 Å². The van der Waals surface area contributed by atoms with Crippen LogP contribution in [0.15, 0.2) is 24.4 Å². The Morgan fingerprint density at radius 3 is 3.07 bits per heavy atom. The van der Waals surface area contributed by atoms with E-state index in [9.17, 15) is 9.18 Å². The molecule has 1 aliphatic heterocycles. The van der Waals surface area contributed by atoms with Crippen molar-refractivity contribution in [1.82, 2.24) is 20.5 Å². The highest BCUT2D eigenvalue weighted by atomic mass is 19.1. The zero-order chi connectivity index (χ0) is 19.5. The van der Waals surface area contributed by atoms with Gasteiger partial charge in [0.1, 0.15) is 12.3 Å². The summed E-state index contributed by atoms with van der Waals surface area (Å²) in [6.45, 7) is 2.36. The van der Waals surface area contributed by atoms with Gasteiger partial charge in [0, 0.05) is 41.7 Å². The van der Waals surface area contributed by atoms with Gasteiger partial charge in [-0.1, -0.05) is 0 Å². The summed E-state index contributed by atoms with van der Waals surface area (Å²) in [7, 11) is 0. The molecule has 8 nitrogen and oxygen atoms in total. The number of hydrogen-bond acceptors (Lipinski definition) is 6. The van der Waals surface area contributed by atoms with Crippen LogP contribution in [0.1, 0.15) is 44.2 Å². The van der Waals surface area contributed by atoms with Crippen LogP contribution in [0.3, 0.4) is 0 Å². The number of nitrogens with one attached hydrogen (secondary N) is 3. The Bertz CT molecular complexity index is 829. The predicted molar refractivity (Wildman–Crippen MR) is 101 cm³/mol. The lowest BCUT2D eigenvalue weighted by Crippen LogP contribution is -2.37. The third-order valence-electron chi connectivity index (χ3n) is 5.13. The summed E-state index contributed by atoms with van der Waals surface area (Å²) in [5.74, 6) is 1.06. The third-order valence-corrected chi connectivity index (χ3v) is 5.13. The van der Waals surface area contributed by atoms with Crippen molar-refractivity contribution in [3.63, 3.8) is 0 Å². The Kier molecular flexibility index (Phi) is 5.31. The van der Waals surface area contributed by atoms with E-state index in [1.165, 1.54) is 0 Å². The largest absolute Gasteiger partial charge is 0.478 e. The van der Waals surface area contributed by atoms with Crippen LogP contribution in [0.25, 0.3) is 0 Å². The molecule has 0 aromatic carbocycles. The highest BCUT2D eigenvalue weighted by Gasteiger charge is 2.38. The summed E-state index contributed by atoms with van der Waals surface area (Å²) in [4.78, 5) is 16.3. The average Bonchev–Trinajstić information content (AvgIpc) is 3.25. The van der Waals surface area contributed by atoms with Crippen LogP contribution < -0.4 is 15.4 Å². The first-order valence-electron chi connectivity index (χ1n) is 9.59. The van der Waals surface area contributed by atoms with Crippen LogP contribution in [-0.4, -0.2) is 46.2 Å². The van der Waals surface area contributed by atoms with Gasteiger partial charge in [-0.3, -0.25) is 5.10 Å². The predicted octanol–water partition coefficient (Wildman–Crippen LogP) is 3.42. The second-order valence-electron chi connectivity index (χ2n) is 7.38. The summed E-state index contributed by atoms with van der Waals surface area (Å²) in [5, 5.41) is 13.2. The van der Waals surface area contributed by atoms with Crippen molar-refractivity contribution in [2.45, 2.75) is 56.8 Å². The molecule has 1 unspecified atom stereocenters. The number of H-pyrrole nitrogens is 1. The molecule has 4 rings (SSSR count). The molecule has 0 radical (unpaired) electrons. The molecule has 2 aliphatic rings. The van der Waals surface area contributed by atoms with Gasteiger partial charge >= 0.3 is 6.09 Å². The van der Waals surface area contributed by atoms with Crippen LogP contribution in [-0.2, 0) is 4.74 Å². The summed E-state index contributed by atoms with van der Waals surface area (Å²) in [6.07, 6.45) is 1.32. The minimum atomic E-state index is -1.19. The number of aromatic nitrogens is 3. The first kappa shape index (κ1) is 18.5. The number of nitrogens with zero attached hydrogens (tertiary/aromatic N) is 2. The number of ether oxygens (including phenoxy) is 2. The number of carbonyl (C=O) groups is 1. The smallest absolute Gasteiger partial charge is 0.407 e. The van der Waals surface area contributed by atoms with E-state index in [1.54, 1.807) is 12.3 Å². The normalized spacial score (nSPS) is 28.1. The van der Waals surface area contributed by atoms with Gasteiger partial charge in [0.25, 0.3) is 0 Å². The number of hydrogen-bond donors (Lipinski definition) is 3. The molecule has 6 bridgehead atoms. The Labute approximate surface area is 162 Å². The molecule has 2 aromatic rings. The van der Waals surface area contributed by atoms with E-state index in [-0.39, 0.29) is 12.0 Å². The molecule has 1 saturated carbocycles. The minimum absolute atomic E-state index is 0.0801. The van der Waals surface area contributed by atoms with Crippen LogP contribution in [0.2, 0.25) is 0 Å². The fraction of sp³-hybridized carbons (Fsp3) is 0.526. The molecule has 1 aliphatic carbocycles. The number of alkyl halides is 1. The van der Waals surface area contributed by atoms with Gasteiger partial charge < -0.3 is 20.1 Å². The molecule has 9 heteroatoms. The van der Waals surface area contributed by atoms with Gasteiger partial charge in [-0.15, -0.1) is 0 Å². The number of amides is 1. The van der Waals surface area contributed by atoms with Gasteiger partial charge in [-0.2, -0.15) is 5.10 Å². The van der Waals surface area contributed by atoms with Gasteiger partial charge in [-0.25, -0.2) is 14.2 Å². The van der Waals surface area contributed by atoms with Crippen LogP contribution >= 0.6 is 0 Å². The lowest BCUT2D eigenvalue weighted by atomic mass is 10.0. The zero-order valence-corrected chi connectivity index (χ0v) is 15.7. The van der Waals surface area contributed by atoms with E-state index >= 15 is 0 Å². The Balaban J connectivity index is 1.55. The lowest BCUT2D eigenvalue weighted by molar-refractivity contribution is 0.0586. The number of halogens is 1. The van der Waals surface area contributed by atoms with Crippen molar-refractivity contribution in [3.05, 3.63) is 30.1 Å². The van der Waals surface area contributed by atoms with Crippen molar-refractivity contribution in [2.24, 2.45) is 0 Å². The van der Waals surface area contributed by atoms with Crippen molar-refractivity contribution in [1.29, 1.82) is 0 Å². The van der Waals surface area contributed by atoms with Gasteiger partial charge in [-0.05, 0) is 38.7 Å². The maximum Gasteiger partial charge on any atom is 0.407 e. The molecule has 0 spiro atoms. The molecule has 3 N–H and O–H groups in total. The molecule has 1 fully saturated rings. The maximum absolute atomic E-state index is 14.4. The van der Waals surface area contributed by atoms with Crippen LogP contribution in [0.4, 0.5) is 20.7 Å². The number of rotatable bonds is 0. The minimum Gasteiger partial charge on any atom is -0.478 e. The highest BCUT2D eigenvalue weighted by Crippen LogP contribution is 2.38. The number of aromatic amines is 1. The second kappa shape index (κ2) is 8.04. The van der Waals surface area contributed by atoms with E-state index in [4.69, 9.17) is 9.47 Å². The third kappa shape index (κ3) is 4.35. The number of alkyl carbamates (subject to hydrolysis) is 1. The second-order valence-corrected chi connectivity index (χ2v) is 7.38. The van der Waals surface area contributed by atoms with E-state index in [1.807, 2.05) is 19.1 Å². The topological polar surface area (TPSA) is 101 Å². The number of fused-ring (bicyclic) bond motifs is 7. The molecule has 3 heterocycles. The van der Waals surface area contributed by atoms with E-state index < -0.39 is 18.4 Å². The molecule has 28 heavy (non-hydrogen) atoms. The van der Waals surface area contributed by atoms with E-state index in [0.29, 0.717) is 37.6 Å². The first-order chi connectivity index (χ1) is 13.6. The molecule has 2 aromatic heterocycles. The molecule has 150 valence electrons. The van der Waals surface area contributed by atoms with Gasteiger partial charge in [0.15, 0.2) is 5.82 Å². The summed E-state index contributed by atoms with van der Waals surface area (Å²) >= 11 is 0. The Hall–Kier alpha value is -2.84. The highest BCUT2D eigenvalue weighted by molar-refractivity contribution is 5.67. The van der Waals surface area contributed by atoms with Crippen molar-refractivity contribution in [3.8, 4) is 5.88 Å². The SMILES string of the molecule is C[C@H]1CCCOc2cc(ccn2)Nc2cc([nH]n2)C2C[C@@H](F)[C@H](C2)OC(=O)N1. The molecular formula is C19H24FN5O3. The van der Waals surface area contributed by atoms with E-state index in [0.717, 1.165) is 17.8 Å². The number of carbonyl (C=O) groups excluding carboxylic acids is 1. The van der Waals surface area contributed by atoms with Gasteiger partial charge in [0.05, 0.1) is 6.61 Å². The molecule has 0 saturated heterocycles. The molecule has 4 atom stereocenters. The van der Waals surface area contributed by atoms with Crippen LogP contribution in [0.5, 0.6) is 5.88 Å². The van der Waals surface area contributed by atoms with Crippen molar-refractivity contribution in [2.75, 3.05) is 11.9 Å². The fourth-order valence-corrected chi connectivity index (χ4v) is 3.66. The summed E-state index contributed by atoms with van der Waals surface area (Å²) in [6, 6.07) is 5.39.